The van der Waals surface area contributed by atoms with E-state index in [-0.39, 0.29) is 5.54 Å². The van der Waals surface area contributed by atoms with Gasteiger partial charge in [0, 0.05) is 24.7 Å². The topological polar surface area (TPSA) is 41.0 Å². The Morgan fingerprint density at radius 1 is 1.30 bits per heavy atom. The maximum atomic E-state index is 6.45. The third-order valence-corrected chi connectivity index (χ3v) is 4.78. The van der Waals surface area contributed by atoms with E-state index >= 15 is 0 Å². The molecule has 4 nitrogen and oxygen atoms in total. The first kappa shape index (κ1) is 14.3. The molecule has 1 aliphatic rings. The molecule has 1 N–H and O–H groups in total. The lowest BCUT2D eigenvalue weighted by molar-refractivity contribution is 0.318. The molecular weight excluding hydrogens is 315 g/mol. The van der Waals surface area contributed by atoms with Crippen LogP contribution in [0.15, 0.2) is 6.07 Å². The molecule has 0 bridgehead atoms. The Kier molecular flexibility index (Phi) is 3.57. The number of rotatable bonds is 1. The lowest BCUT2D eigenvalue weighted by Crippen LogP contribution is -2.61. The van der Waals surface area contributed by atoms with Crippen molar-refractivity contribution in [3.05, 3.63) is 16.1 Å². The van der Waals surface area contributed by atoms with Crippen molar-refractivity contribution in [2.24, 2.45) is 0 Å². The zero-order valence-corrected chi connectivity index (χ0v) is 13.9. The molecule has 20 heavy (non-hydrogen) atoms. The van der Waals surface area contributed by atoms with Gasteiger partial charge in [-0.3, -0.25) is 0 Å². The van der Waals surface area contributed by atoms with Crippen LogP contribution in [-0.2, 0) is 0 Å². The summed E-state index contributed by atoms with van der Waals surface area (Å²) in [5, 5.41) is 4.73. The van der Waals surface area contributed by atoms with E-state index in [0.29, 0.717) is 16.1 Å². The summed E-state index contributed by atoms with van der Waals surface area (Å²) in [5.41, 5.74) is 2.52. The SMILES string of the molecule is CC1CNC(C)(C)CN1c1c(Cl)cc(Cl)c2nsnc12. The summed E-state index contributed by atoms with van der Waals surface area (Å²) in [6, 6.07) is 2.11. The van der Waals surface area contributed by atoms with E-state index in [9.17, 15) is 0 Å². The number of aromatic nitrogens is 2. The predicted octanol–water partition coefficient (Wildman–Crippen LogP) is 3.57. The highest BCUT2D eigenvalue weighted by Crippen LogP contribution is 2.39. The normalized spacial score (nSPS) is 22.4. The molecule has 1 aliphatic heterocycles. The van der Waals surface area contributed by atoms with Crippen LogP contribution in [-0.4, -0.2) is 33.4 Å². The number of piperazine rings is 1. The van der Waals surface area contributed by atoms with Crippen LogP contribution in [0.4, 0.5) is 5.69 Å². The van der Waals surface area contributed by atoms with Crippen LogP contribution in [0.3, 0.4) is 0 Å². The number of nitrogens with zero attached hydrogens (tertiary/aromatic N) is 3. The highest BCUT2D eigenvalue weighted by atomic mass is 35.5. The van der Waals surface area contributed by atoms with Crippen molar-refractivity contribution in [1.82, 2.24) is 14.1 Å². The van der Waals surface area contributed by atoms with Crippen LogP contribution in [0.5, 0.6) is 0 Å². The largest absolute Gasteiger partial charge is 0.363 e. The van der Waals surface area contributed by atoms with Gasteiger partial charge in [-0.05, 0) is 26.8 Å². The number of benzene rings is 1. The minimum atomic E-state index is 0.0330. The van der Waals surface area contributed by atoms with Crippen molar-refractivity contribution in [2.75, 3.05) is 18.0 Å². The standard InChI is InChI=1S/C13H16Cl2N4S/c1-7-5-16-13(2,3)6-19(7)12-9(15)4-8(14)10-11(12)18-20-17-10/h4,7,16H,5-6H2,1-3H3. The molecule has 1 aromatic carbocycles. The first-order valence-corrected chi connectivity index (χ1v) is 7.99. The molecular formula is C13H16Cl2N4S. The highest BCUT2D eigenvalue weighted by Gasteiger charge is 2.33. The van der Waals surface area contributed by atoms with Crippen LogP contribution in [0, 0.1) is 0 Å². The average Bonchev–Trinajstić information content (AvgIpc) is 2.83. The fourth-order valence-corrected chi connectivity index (χ4v) is 3.82. The molecule has 1 aromatic heterocycles. The number of halogens is 2. The Morgan fingerprint density at radius 2 is 2.00 bits per heavy atom. The first-order chi connectivity index (χ1) is 9.39. The number of hydrogen-bond acceptors (Lipinski definition) is 5. The van der Waals surface area contributed by atoms with E-state index in [2.05, 4.69) is 39.7 Å². The van der Waals surface area contributed by atoms with Crippen molar-refractivity contribution >= 4 is 51.7 Å². The third-order valence-electron chi connectivity index (χ3n) is 3.68. The van der Waals surface area contributed by atoms with Crippen LogP contribution >= 0.6 is 34.9 Å². The second kappa shape index (κ2) is 4.98. The molecule has 0 saturated carbocycles. The molecule has 0 radical (unpaired) electrons. The Labute approximate surface area is 132 Å². The monoisotopic (exact) mass is 330 g/mol. The third kappa shape index (κ3) is 2.37. The second-order valence-corrected chi connectivity index (χ2v) is 7.23. The molecule has 0 amide bonds. The van der Waals surface area contributed by atoms with Crippen LogP contribution < -0.4 is 10.2 Å². The zero-order valence-electron chi connectivity index (χ0n) is 11.6. The molecule has 7 heteroatoms. The van der Waals surface area contributed by atoms with Gasteiger partial charge in [0.25, 0.3) is 0 Å². The molecule has 0 aliphatic carbocycles. The number of hydrogen-bond donors (Lipinski definition) is 1. The lowest BCUT2D eigenvalue weighted by Gasteiger charge is -2.45. The van der Waals surface area contributed by atoms with Gasteiger partial charge in [-0.1, -0.05) is 23.2 Å². The fourth-order valence-electron chi connectivity index (χ4n) is 2.61. The van der Waals surface area contributed by atoms with Crippen molar-refractivity contribution in [2.45, 2.75) is 32.4 Å². The minimum absolute atomic E-state index is 0.0330. The molecule has 1 saturated heterocycles. The summed E-state index contributed by atoms with van der Waals surface area (Å²) >= 11 is 13.8. The molecule has 2 heterocycles. The van der Waals surface area contributed by atoms with E-state index in [1.807, 2.05) is 0 Å². The van der Waals surface area contributed by atoms with Gasteiger partial charge < -0.3 is 10.2 Å². The van der Waals surface area contributed by atoms with Gasteiger partial charge >= 0.3 is 0 Å². The van der Waals surface area contributed by atoms with Gasteiger partial charge in [0.2, 0.25) is 0 Å². The smallest absolute Gasteiger partial charge is 0.131 e. The summed E-state index contributed by atoms with van der Waals surface area (Å²) in [6.45, 7) is 8.32. The number of anilines is 1. The van der Waals surface area contributed by atoms with E-state index in [0.717, 1.165) is 29.8 Å². The van der Waals surface area contributed by atoms with Gasteiger partial charge in [0.15, 0.2) is 0 Å². The summed E-state index contributed by atoms with van der Waals surface area (Å²) in [5.74, 6) is 0. The van der Waals surface area contributed by atoms with Gasteiger partial charge in [-0.2, -0.15) is 8.75 Å². The second-order valence-electron chi connectivity index (χ2n) is 5.89. The average molecular weight is 331 g/mol. The summed E-state index contributed by atoms with van der Waals surface area (Å²) in [6.07, 6.45) is 0. The Morgan fingerprint density at radius 3 is 2.75 bits per heavy atom. The molecule has 108 valence electrons. The van der Waals surface area contributed by atoms with Crippen LogP contribution in [0.25, 0.3) is 11.0 Å². The Balaban J connectivity index is 2.15. The maximum absolute atomic E-state index is 6.45. The molecule has 0 spiro atoms. The van der Waals surface area contributed by atoms with Gasteiger partial charge in [-0.15, -0.1) is 0 Å². The number of fused-ring (bicyclic) bond motifs is 1. The first-order valence-electron chi connectivity index (χ1n) is 6.51. The fraction of sp³-hybridized carbons (Fsp3) is 0.538. The minimum Gasteiger partial charge on any atom is -0.363 e. The van der Waals surface area contributed by atoms with Crippen molar-refractivity contribution < 1.29 is 0 Å². The molecule has 1 fully saturated rings. The van der Waals surface area contributed by atoms with E-state index in [1.165, 1.54) is 11.7 Å². The Hall–Kier alpha value is -0.620. The van der Waals surface area contributed by atoms with Crippen molar-refractivity contribution in [3.63, 3.8) is 0 Å². The van der Waals surface area contributed by atoms with Crippen LogP contribution in [0.1, 0.15) is 20.8 Å². The molecule has 1 unspecified atom stereocenters. The highest BCUT2D eigenvalue weighted by molar-refractivity contribution is 7.00. The zero-order chi connectivity index (χ0) is 14.5. The van der Waals surface area contributed by atoms with E-state index in [1.54, 1.807) is 6.07 Å². The maximum Gasteiger partial charge on any atom is 0.131 e. The number of nitrogens with one attached hydrogen (secondary N) is 1. The predicted molar refractivity (Wildman–Crippen MR) is 86.3 cm³/mol. The van der Waals surface area contributed by atoms with E-state index < -0.39 is 0 Å². The molecule has 3 rings (SSSR count). The van der Waals surface area contributed by atoms with Crippen molar-refractivity contribution in [3.8, 4) is 0 Å². The van der Waals surface area contributed by atoms with Gasteiger partial charge in [0.05, 0.1) is 27.5 Å². The van der Waals surface area contributed by atoms with E-state index in [4.69, 9.17) is 23.2 Å². The van der Waals surface area contributed by atoms with Crippen molar-refractivity contribution in [1.29, 1.82) is 0 Å². The lowest BCUT2D eigenvalue weighted by atomic mass is 9.98. The quantitative estimate of drug-likeness (QED) is 0.867. The van der Waals surface area contributed by atoms with Gasteiger partial charge in [-0.25, -0.2) is 0 Å². The molecule has 2 aromatic rings. The van der Waals surface area contributed by atoms with Gasteiger partial charge in [0.1, 0.15) is 11.0 Å². The Bertz CT molecular complexity index is 655. The molecule has 1 atom stereocenters. The van der Waals surface area contributed by atoms with Crippen LogP contribution in [0.2, 0.25) is 10.0 Å². The summed E-state index contributed by atoms with van der Waals surface area (Å²) in [7, 11) is 0. The summed E-state index contributed by atoms with van der Waals surface area (Å²) < 4.78 is 8.67. The summed E-state index contributed by atoms with van der Waals surface area (Å²) in [4.78, 5) is 2.30.